The fourth-order valence-electron chi connectivity index (χ4n) is 4.49. The molecule has 7 heteroatoms. The van der Waals surface area contributed by atoms with Crippen LogP contribution in [0.5, 0.6) is 0 Å². The Morgan fingerprint density at radius 3 is 0.821 bits per heavy atom. The summed E-state index contributed by atoms with van der Waals surface area (Å²) in [6.07, 6.45) is 8.80. The molecule has 0 saturated heterocycles. The van der Waals surface area contributed by atoms with E-state index in [1.54, 1.807) is 0 Å². The summed E-state index contributed by atoms with van der Waals surface area (Å²) >= 11 is 0. The maximum Gasteiger partial charge on any atom is 3.00 e. The Labute approximate surface area is 187 Å². The van der Waals surface area contributed by atoms with Crippen molar-refractivity contribution in [3.05, 3.63) is 0 Å². The summed E-state index contributed by atoms with van der Waals surface area (Å²) in [5, 5.41) is 30.9. The van der Waals surface area contributed by atoms with Gasteiger partial charge in [-0.25, -0.2) is 0 Å². The quantitative estimate of drug-likeness (QED) is 0.548. The molecule has 3 aliphatic carbocycles. The number of carbonyl (C=O) groups is 3. The molecule has 0 aliphatic heterocycles. The third-order valence-electron chi connectivity index (χ3n) is 6.49. The van der Waals surface area contributed by atoms with Crippen molar-refractivity contribution in [2.75, 3.05) is 0 Å². The normalized spacial score (nSPS) is 33.5. The Balaban J connectivity index is 0.000000384. The Bertz CT molecular complexity index is 438. The van der Waals surface area contributed by atoms with Crippen LogP contribution in [-0.2, 0) is 14.4 Å². The number of hydrogen-bond acceptors (Lipinski definition) is 6. The molecule has 6 unspecified atom stereocenters. The van der Waals surface area contributed by atoms with Crippen molar-refractivity contribution in [1.29, 1.82) is 0 Å². The third kappa shape index (κ3) is 8.75. The van der Waals surface area contributed by atoms with Crippen molar-refractivity contribution in [2.24, 2.45) is 35.5 Å². The molecule has 156 valence electrons. The van der Waals surface area contributed by atoms with Gasteiger partial charge in [-0.05, 0) is 37.0 Å². The average Bonchev–Trinajstić information content (AvgIpc) is 3.29. The second kappa shape index (κ2) is 13.5. The number of rotatable bonds is 3. The maximum absolute atomic E-state index is 10.3. The monoisotopic (exact) mass is 496 g/mol. The summed E-state index contributed by atoms with van der Waals surface area (Å²) in [5.41, 5.74) is 0. The number of carboxylic acid groups (broad SMARTS) is 3. The van der Waals surface area contributed by atoms with Crippen molar-refractivity contribution in [3.63, 3.8) is 0 Å². The molecule has 0 aromatic heterocycles. The summed E-state index contributed by atoms with van der Waals surface area (Å²) in [6, 6.07) is 0. The molecule has 6 nitrogen and oxygen atoms in total. The van der Waals surface area contributed by atoms with E-state index in [-0.39, 0.29) is 43.6 Å². The van der Waals surface area contributed by atoms with E-state index >= 15 is 0 Å². The second-order valence-electron chi connectivity index (χ2n) is 8.50. The minimum atomic E-state index is -0.861. The van der Waals surface area contributed by atoms with Gasteiger partial charge in [0.05, 0.1) is 0 Å². The van der Waals surface area contributed by atoms with Gasteiger partial charge in [0, 0.05) is 35.7 Å². The topological polar surface area (TPSA) is 120 Å². The van der Waals surface area contributed by atoms with Crippen molar-refractivity contribution in [3.8, 4) is 0 Å². The zero-order valence-electron chi connectivity index (χ0n) is 17.4. The van der Waals surface area contributed by atoms with Crippen LogP contribution in [0.4, 0.5) is 0 Å². The molecule has 0 aromatic carbocycles. The molecule has 6 atom stereocenters. The van der Waals surface area contributed by atoms with E-state index in [4.69, 9.17) is 0 Å². The summed E-state index contributed by atoms with van der Waals surface area (Å²) in [4.78, 5) is 30.9. The first-order valence-electron chi connectivity index (χ1n) is 10.3. The predicted molar refractivity (Wildman–Crippen MR) is 100 cm³/mol. The number of aliphatic carboxylic acids is 3. The Hall–Kier alpha value is -0.720. The first-order chi connectivity index (χ1) is 12.6. The standard InChI is InChI=1S/3C7H12O2.In/c3*1-5-3-2-4-6(5)7(8)9;/h3*5-6H,2-4H2,1H3,(H,8,9);/q;;;+3/p-3. The predicted octanol–water partition coefficient (Wildman–Crippen LogP) is 0.137. The Kier molecular flexibility index (Phi) is 13.1. The van der Waals surface area contributed by atoms with Crippen LogP contribution in [0.2, 0.25) is 0 Å². The molecular weight excluding hydrogens is 463 g/mol. The SMILES string of the molecule is CC1CCCC1C(=O)[O-].CC1CCCC1C(=O)[O-].CC1CCCC1C(=O)[O-].[In+3]. The minimum absolute atomic E-state index is 0. The molecule has 0 spiro atoms. The van der Waals surface area contributed by atoms with Crippen molar-refractivity contribution in [2.45, 2.75) is 78.6 Å². The fourth-order valence-corrected chi connectivity index (χ4v) is 4.49. The minimum Gasteiger partial charge on any atom is -0.550 e. The largest absolute Gasteiger partial charge is 3.00 e. The molecule has 0 bridgehead atoms. The van der Waals surface area contributed by atoms with Gasteiger partial charge in [0.15, 0.2) is 0 Å². The van der Waals surface area contributed by atoms with Crippen LogP contribution in [0.3, 0.4) is 0 Å². The van der Waals surface area contributed by atoms with Crippen LogP contribution in [0.25, 0.3) is 0 Å². The van der Waals surface area contributed by atoms with Gasteiger partial charge in [0.25, 0.3) is 0 Å². The van der Waals surface area contributed by atoms with Crippen LogP contribution >= 0.6 is 0 Å². The molecule has 3 fully saturated rings. The molecule has 28 heavy (non-hydrogen) atoms. The first-order valence-corrected chi connectivity index (χ1v) is 10.3. The first kappa shape index (κ1) is 27.3. The summed E-state index contributed by atoms with van der Waals surface area (Å²) in [7, 11) is 0. The summed E-state index contributed by atoms with van der Waals surface area (Å²) in [5.74, 6) is -2.04. The van der Waals surface area contributed by atoms with E-state index in [9.17, 15) is 29.7 Å². The zero-order valence-corrected chi connectivity index (χ0v) is 20.7. The van der Waals surface area contributed by atoms with E-state index in [2.05, 4.69) is 0 Å². The van der Waals surface area contributed by atoms with Gasteiger partial charge < -0.3 is 29.7 Å². The van der Waals surface area contributed by atoms with Crippen LogP contribution in [0.1, 0.15) is 78.6 Å². The van der Waals surface area contributed by atoms with Gasteiger partial charge in [-0.2, -0.15) is 0 Å². The number of hydrogen-bond donors (Lipinski definition) is 0. The molecule has 0 radical (unpaired) electrons. The second-order valence-corrected chi connectivity index (χ2v) is 8.50. The van der Waals surface area contributed by atoms with E-state index in [1.807, 2.05) is 20.8 Å². The molecular formula is C21H33InO6. The number of carbonyl (C=O) groups excluding carboxylic acids is 3. The van der Waals surface area contributed by atoms with Gasteiger partial charge in [0.2, 0.25) is 0 Å². The maximum atomic E-state index is 10.3. The van der Waals surface area contributed by atoms with Crippen LogP contribution < -0.4 is 15.3 Å². The molecule has 3 aliphatic rings. The summed E-state index contributed by atoms with van der Waals surface area (Å²) in [6.45, 7) is 5.94. The fraction of sp³-hybridized carbons (Fsp3) is 0.857. The molecule has 3 saturated carbocycles. The molecule has 0 aromatic rings. The van der Waals surface area contributed by atoms with Gasteiger partial charge in [-0.15, -0.1) is 0 Å². The van der Waals surface area contributed by atoms with Crippen LogP contribution in [0, 0.1) is 35.5 Å². The van der Waals surface area contributed by atoms with Crippen LogP contribution in [-0.4, -0.2) is 43.8 Å². The van der Waals surface area contributed by atoms with E-state index in [1.165, 1.54) is 0 Å². The van der Waals surface area contributed by atoms with Crippen molar-refractivity contribution in [1.82, 2.24) is 0 Å². The molecule has 0 heterocycles. The summed E-state index contributed by atoms with van der Waals surface area (Å²) < 4.78 is 0. The average molecular weight is 496 g/mol. The zero-order chi connectivity index (χ0) is 20.6. The van der Waals surface area contributed by atoms with Crippen molar-refractivity contribution >= 4 is 43.8 Å². The van der Waals surface area contributed by atoms with Crippen LogP contribution in [0.15, 0.2) is 0 Å². The van der Waals surface area contributed by atoms with Gasteiger partial charge in [-0.1, -0.05) is 59.3 Å². The molecule has 0 N–H and O–H groups in total. The third-order valence-corrected chi connectivity index (χ3v) is 6.49. The van der Waals surface area contributed by atoms with E-state index in [0.29, 0.717) is 17.8 Å². The molecule has 0 amide bonds. The van der Waals surface area contributed by atoms with Gasteiger partial charge >= 0.3 is 25.8 Å². The van der Waals surface area contributed by atoms with E-state index in [0.717, 1.165) is 57.8 Å². The van der Waals surface area contributed by atoms with Gasteiger partial charge in [0.1, 0.15) is 0 Å². The molecule has 3 rings (SSSR count). The smallest absolute Gasteiger partial charge is 0.550 e. The Morgan fingerprint density at radius 2 is 0.750 bits per heavy atom. The van der Waals surface area contributed by atoms with Crippen molar-refractivity contribution < 1.29 is 29.7 Å². The number of carboxylic acids is 3. The van der Waals surface area contributed by atoms with E-state index < -0.39 is 17.9 Å². The Morgan fingerprint density at radius 1 is 0.536 bits per heavy atom. The van der Waals surface area contributed by atoms with Gasteiger partial charge in [-0.3, -0.25) is 0 Å².